The zero-order chi connectivity index (χ0) is 17.0. The molecule has 23 heavy (non-hydrogen) atoms. The molecule has 0 radical (unpaired) electrons. The van der Waals surface area contributed by atoms with Gasteiger partial charge in [0, 0.05) is 25.2 Å². The molecule has 1 aromatic rings. The van der Waals surface area contributed by atoms with Crippen LogP contribution in [0.3, 0.4) is 0 Å². The Balaban J connectivity index is 2.04. The van der Waals surface area contributed by atoms with E-state index in [1.54, 1.807) is 25.7 Å². The molecule has 1 fully saturated rings. The second-order valence-electron chi connectivity index (χ2n) is 6.49. The van der Waals surface area contributed by atoms with Crippen molar-refractivity contribution in [1.82, 2.24) is 4.90 Å². The van der Waals surface area contributed by atoms with Crippen LogP contribution in [0.25, 0.3) is 0 Å². The van der Waals surface area contributed by atoms with Gasteiger partial charge >= 0.3 is 11.8 Å². The van der Waals surface area contributed by atoms with E-state index in [4.69, 9.17) is 9.57 Å². The highest BCUT2D eigenvalue weighted by molar-refractivity contribution is 5.70. The third kappa shape index (κ3) is 4.91. The summed E-state index contributed by atoms with van der Waals surface area (Å²) in [5, 5.41) is 0. The fraction of sp³-hybridized carbons (Fsp3) is 0.562. The molecule has 0 N–H and O–H groups in total. The van der Waals surface area contributed by atoms with Crippen LogP contribution < -0.4 is 4.74 Å². The molecule has 1 aromatic carbocycles. The fourth-order valence-corrected chi connectivity index (χ4v) is 2.24. The van der Waals surface area contributed by atoms with Gasteiger partial charge in [-0.1, -0.05) is 0 Å². The molecule has 6 nitrogen and oxygen atoms in total. The van der Waals surface area contributed by atoms with E-state index in [0.717, 1.165) is 25.3 Å². The molecule has 0 aromatic heterocycles. The molecule has 1 amide bonds. The van der Waals surface area contributed by atoms with Crippen LogP contribution in [0, 0.1) is 10.7 Å². The number of ether oxygens (including phenoxy) is 1. The van der Waals surface area contributed by atoms with Crippen LogP contribution in [0.15, 0.2) is 18.2 Å². The Morgan fingerprint density at radius 1 is 1.22 bits per heavy atom. The molecule has 0 bridgehead atoms. The predicted octanol–water partition coefficient (Wildman–Crippen LogP) is 3.95. The number of amides is 1. The number of likely N-dealkylation sites (tertiary alicyclic amines) is 1. The van der Waals surface area contributed by atoms with Gasteiger partial charge in [-0.25, -0.2) is 9.63 Å². The van der Waals surface area contributed by atoms with E-state index in [9.17, 15) is 14.1 Å². The smallest absolute Gasteiger partial charge is 0.410 e. The lowest BCUT2D eigenvalue weighted by Crippen LogP contribution is -2.37. The maximum absolute atomic E-state index is 14.0. The Morgan fingerprint density at radius 2 is 1.87 bits per heavy atom. The van der Waals surface area contributed by atoms with Gasteiger partial charge in [-0.15, -0.1) is 0 Å². The minimum atomic E-state index is -0.812. The fourth-order valence-electron chi connectivity index (χ4n) is 2.24. The minimum absolute atomic E-state index is 0.0611. The van der Waals surface area contributed by atoms with Crippen molar-refractivity contribution >= 4 is 11.8 Å². The summed E-state index contributed by atoms with van der Waals surface area (Å²) in [7, 11) is 0. The number of piperidine rings is 1. The van der Waals surface area contributed by atoms with Crippen molar-refractivity contribution in [2.24, 2.45) is 0 Å². The molecule has 0 saturated carbocycles. The van der Waals surface area contributed by atoms with E-state index in [1.807, 2.05) is 0 Å². The summed E-state index contributed by atoms with van der Waals surface area (Å²) in [4.78, 5) is 30.5. The summed E-state index contributed by atoms with van der Waals surface area (Å²) in [6.07, 6.45) is 2.48. The van der Waals surface area contributed by atoms with E-state index in [2.05, 4.69) is 0 Å². The molecular formula is C16H22FN2O4+. The molecule has 0 atom stereocenters. The molecule has 1 heterocycles. The second-order valence-corrected chi connectivity index (χ2v) is 6.49. The van der Waals surface area contributed by atoms with Crippen molar-refractivity contribution in [3.05, 3.63) is 28.9 Å². The van der Waals surface area contributed by atoms with Crippen molar-refractivity contribution in [2.45, 2.75) is 45.6 Å². The van der Waals surface area contributed by atoms with Crippen LogP contribution in [-0.4, -0.2) is 34.6 Å². The molecule has 0 aliphatic carbocycles. The van der Waals surface area contributed by atoms with Crippen LogP contribution in [0.2, 0.25) is 0 Å². The summed E-state index contributed by atoms with van der Waals surface area (Å²) >= 11 is 0. The average Bonchev–Trinajstić information content (AvgIpc) is 2.46. The van der Waals surface area contributed by atoms with Gasteiger partial charge in [-0.3, -0.25) is 0 Å². The maximum atomic E-state index is 14.0. The minimum Gasteiger partial charge on any atom is -0.410 e. The van der Waals surface area contributed by atoms with Gasteiger partial charge in [0.1, 0.15) is 5.75 Å². The number of hydrogen-bond acceptors (Lipinski definition) is 4. The van der Waals surface area contributed by atoms with E-state index < -0.39 is 17.5 Å². The third-order valence-corrected chi connectivity index (χ3v) is 3.29. The zero-order valence-corrected chi connectivity index (χ0v) is 13.7. The van der Waals surface area contributed by atoms with Gasteiger partial charge in [-0.05, 0) is 46.1 Å². The van der Waals surface area contributed by atoms with Crippen LogP contribution in [0.4, 0.5) is 14.9 Å². The molecule has 0 spiro atoms. The topological polar surface area (TPSA) is 58.9 Å². The monoisotopic (exact) mass is 325 g/mol. The van der Waals surface area contributed by atoms with Gasteiger partial charge in [0.05, 0.1) is 4.91 Å². The lowest BCUT2D eigenvalue weighted by molar-refractivity contribution is -0.767. The SMILES string of the molecule is CC(C)(C)O[N+](=O)c1ccc(OC(=O)N2CCCCC2)cc1F. The Morgan fingerprint density at radius 3 is 2.43 bits per heavy atom. The number of benzene rings is 1. The highest BCUT2D eigenvalue weighted by atomic mass is 19.1. The summed E-state index contributed by atoms with van der Waals surface area (Å²) in [5.41, 5.74) is -1.01. The first kappa shape index (κ1) is 17.2. The highest BCUT2D eigenvalue weighted by Gasteiger charge is 2.29. The maximum Gasteiger partial charge on any atom is 0.415 e. The largest absolute Gasteiger partial charge is 0.415 e. The standard InChI is InChI=1S/C16H22FN2O4/c1-16(2,3)23-19(21)14-8-7-12(11-13(14)17)22-15(20)18-9-5-4-6-10-18/h7-8,11H,4-6,9-10H2,1-3H3/q+1. The highest BCUT2D eigenvalue weighted by Crippen LogP contribution is 2.25. The Bertz CT molecular complexity index is 592. The Hall–Kier alpha value is -2.18. The first-order valence-electron chi connectivity index (χ1n) is 7.69. The van der Waals surface area contributed by atoms with Crippen LogP contribution in [0.5, 0.6) is 5.75 Å². The number of halogens is 1. The molecule has 2 rings (SSSR count). The molecule has 1 saturated heterocycles. The molecule has 1 aliphatic heterocycles. The number of carbonyl (C=O) groups excluding carboxylic acids is 1. The average molecular weight is 325 g/mol. The van der Waals surface area contributed by atoms with E-state index >= 15 is 0 Å². The van der Waals surface area contributed by atoms with Crippen molar-refractivity contribution in [2.75, 3.05) is 13.1 Å². The second kappa shape index (κ2) is 6.93. The first-order valence-corrected chi connectivity index (χ1v) is 7.69. The molecular weight excluding hydrogens is 303 g/mol. The summed E-state index contributed by atoms with van der Waals surface area (Å²) < 4.78 is 19.2. The molecule has 1 aliphatic rings. The van der Waals surface area contributed by atoms with Crippen molar-refractivity contribution in [3.8, 4) is 5.75 Å². The quantitative estimate of drug-likeness (QED) is 0.790. The van der Waals surface area contributed by atoms with Gasteiger partial charge in [0.2, 0.25) is 5.82 Å². The zero-order valence-electron chi connectivity index (χ0n) is 13.7. The summed E-state index contributed by atoms with van der Waals surface area (Å²) in [6.45, 7) is 6.35. The molecule has 126 valence electrons. The van der Waals surface area contributed by atoms with Crippen LogP contribution in [0.1, 0.15) is 40.0 Å². The predicted molar refractivity (Wildman–Crippen MR) is 82.0 cm³/mol. The van der Waals surface area contributed by atoms with E-state index in [-0.39, 0.29) is 16.4 Å². The van der Waals surface area contributed by atoms with E-state index in [1.165, 1.54) is 12.1 Å². The van der Waals surface area contributed by atoms with Gasteiger partial charge in [0.25, 0.3) is 4.92 Å². The summed E-state index contributed by atoms with van der Waals surface area (Å²) in [5.74, 6) is -0.751. The lowest BCUT2D eigenvalue weighted by Gasteiger charge is -2.25. The normalized spacial score (nSPS) is 15.2. The van der Waals surface area contributed by atoms with E-state index in [0.29, 0.717) is 13.1 Å². The first-order chi connectivity index (χ1) is 10.8. The summed E-state index contributed by atoms with van der Waals surface area (Å²) in [6, 6.07) is 3.61. The van der Waals surface area contributed by atoms with Crippen LogP contribution in [-0.2, 0) is 4.84 Å². The lowest BCUT2D eigenvalue weighted by atomic mass is 10.1. The van der Waals surface area contributed by atoms with Crippen molar-refractivity contribution in [3.63, 3.8) is 0 Å². The van der Waals surface area contributed by atoms with Crippen molar-refractivity contribution in [1.29, 1.82) is 0 Å². The third-order valence-electron chi connectivity index (χ3n) is 3.29. The Kier molecular flexibility index (Phi) is 5.18. The van der Waals surface area contributed by atoms with Gasteiger partial charge in [0.15, 0.2) is 5.60 Å². The van der Waals surface area contributed by atoms with Crippen molar-refractivity contribution < 1.29 is 23.7 Å². The molecule has 0 unspecified atom stereocenters. The van der Waals surface area contributed by atoms with Gasteiger partial charge < -0.3 is 9.64 Å². The molecule has 7 heteroatoms. The van der Waals surface area contributed by atoms with Gasteiger partial charge in [-0.2, -0.15) is 4.39 Å². The number of rotatable bonds is 3. The van der Waals surface area contributed by atoms with Crippen LogP contribution >= 0.6 is 0 Å². The number of nitrogens with zero attached hydrogens (tertiary/aromatic N) is 2. The number of carbonyl (C=O) groups is 1. The number of hydrogen-bond donors (Lipinski definition) is 0. The Labute approximate surface area is 134 Å².